The molecule has 0 aliphatic carbocycles. The molecule has 0 aromatic heterocycles. The van der Waals surface area contributed by atoms with E-state index in [1.807, 2.05) is 13.8 Å². The second kappa shape index (κ2) is 10.0. The highest BCUT2D eigenvalue weighted by molar-refractivity contribution is 7.80. The third kappa shape index (κ3) is 6.77. The number of aliphatic hydroxyl groups is 3. The van der Waals surface area contributed by atoms with Crippen LogP contribution in [0.5, 0.6) is 5.75 Å². The molecule has 1 aromatic carbocycles. The van der Waals surface area contributed by atoms with Gasteiger partial charge < -0.3 is 45.2 Å². The van der Waals surface area contributed by atoms with E-state index in [1.165, 1.54) is 12.1 Å². The molecule has 7 N–H and O–H groups in total. The first-order chi connectivity index (χ1) is 14.2. The number of benzene rings is 1. The normalized spacial score (nSPS) is 27.1. The molecule has 14 heteroatoms. The highest BCUT2D eigenvalue weighted by Gasteiger charge is 2.55. The van der Waals surface area contributed by atoms with Crippen LogP contribution in [0.3, 0.4) is 0 Å². The van der Waals surface area contributed by atoms with Crippen LogP contribution in [0.4, 0.5) is 14.5 Å². The van der Waals surface area contributed by atoms with Crippen molar-refractivity contribution in [2.75, 3.05) is 5.32 Å². The van der Waals surface area contributed by atoms with Crippen LogP contribution < -0.4 is 15.4 Å². The first kappa shape index (κ1) is 25.8. The predicted molar refractivity (Wildman–Crippen MR) is 110 cm³/mol. The van der Waals surface area contributed by atoms with Crippen LogP contribution in [0.15, 0.2) is 24.3 Å². The van der Waals surface area contributed by atoms with Crippen LogP contribution in [0.25, 0.3) is 0 Å². The molecule has 2 rings (SSSR count). The molecule has 0 unspecified atom stereocenters. The van der Waals surface area contributed by atoms with E-state index in [-0.39, 0.29) is 11.8 Å². The van der Waals surface area contributed by atoms with Gasteiger partial charge in [0, 0.05) is 11.7 Å². The Hall–Kier alpha value is -1.44. The third-order valence-corrected chi connectivity index (χ3v) is 5.58. The Labute approximate surface area is 182 Å². The zero-order valence-electron chi connectivity index (χ0n) is 16.6. The van der Waals surface area contributed by atoms with Gasteiger partial charge in [-0.25, -0.2) is 0 Å². The maximum absolute atomic E-state index is 13.7. The first-order valence-electron chi connectivity index (χ1n) is 9.18. The summed E-state index contributed by atoms with van der Waals surface area (Å²) in [5.41, 5.74) is -3.91. The molecule has 1 heterocycles. The molecule has 0 amide bonds. The number of hydrogen-bond donors (Lipinski definition) is 7. The molecule has 31 heavy (non-hydrogen) atoms. The number of halogens is 2. The Kier molecular flexibility index (Phi) is 8.33. The van der Waals surface area contributed by atoms with Gasteiger partial charge in [-0.05, 0) is 50.3 Å². The Morgan fingerprint density at radius 1 is 1.19 bits per heavy atom. The van der Waals surface area contributed by atoms with Gasteiger partial charge in [-0.2, -0.15) is 8.78 Å². The molecule has 0 spiro atoms. The predicted octanol–water partition coefficient (Wildman–Crippen LogP) is 0.728. The van der Waals surface area contributed by atoms with E-state index in [0.29, 0.717) is 10.8 Å². The number of hydrogen-bond acceptors (Lipinski definition) is 7. The van der Waals surface area contributed by atoms with Gasteiger partial charge in [-0.1, -0.05) is 0 Å². The van der Waals surface area contributed by atoms with Crippen LogP contribution >= 0.6 is 19.8 Å². The first-order valence-corrected chi connectivity index (χ1v) is 11.2. The van der Waals surface area contributed by atoms with Crippen LogP contribution in [0, 0.1) is 0 Å². The second-order valence-electron chi connectivity index (χ2n) is 7.32. The lowest BCUT2D eigenvalue weighted by Crippen LogP contribution is -2.60. The topological polar surface area (TPSA) is 161 Å². The lowest BCUT2D eigenvalue weighted by Gasteiger charge is -2.41. The van der Waals surface area contributed by atoms with Crippen LogP contribution in [0.1, 0.15) is 20.3 Å². The maximum atomic E-state index is 13.7. The monoisotopic (exact) mass is 486 g/mol. The van der Waals surface area contributed by atoms with Crippen molar-refractivity contribution in [3.8, 4) is 5.75 Å². The van der Waals surface area contributed by atoms with Crippen molar-refractivity contribution in [2.24, 2.45) is 0 Å². The molecule has 0 radical (unpaired) electrons. The number of alkyl halides is 2. The second-order valence-corrected chi connectivity index (χ2v) is 9.47. The minimum absolute atomic E-state index is 0.125. The fraction of sp³-hybridized carbons (Fsp3) is 0.588. The smallest absolute Gasteiger partial charge is 0.394 e. The van der Waals surface area contributed by atoms with Gasteiger partial charge in [-0.15, -0.1) is 0 Å². The molecule has 176 valence electrons. The highest BCUT2D eigenvalue weighted by atomic mass is 32.1. The fourth-order valence-electron chi connectivity index (χ4n) is 2.72. The minimum Gasteiger partial charge on any atom is -0.462 e. The van der Waals surface area contributed by atoms with Crippen molar-refractivity contribution in [2.45, 2.75) is 62.7 Å². The number of aliphatic hydroxyl groups excluding tert-OH is 3. The molecule has 1 aliphatic heterocycles. The zero-order valence-corrected chi connectivity index (χ0v) is 18.3. The summed E-state index contributed by atoms with van der Waals surface area (Å²) < 4.78 is 48.9. The van der Waals surface area contributed by atoms with Crippen molar-refractivity contribution in [3.05, 3.63) is 24.3 Å². The quantitative estimate of drug-likeness (QED) is 0.215. The van der Waals surface area contributed by atoms with Crippen LogP contribution in [-0.2, 0) is 9.30 Å². The molecular formula is C17H25F2N2O8PS. The van der Waals surface area contributed by atoms with Crippen LogP contribution in [0.2, 0.25) is 0 Å². The summed E-state index contributed by atoms with van der Waals surface area (Å²) in [6, 6.07) is 6.17. The summed E-state index contributed by atoms with van der Waals surface area (Å²) in [6.07, 6.45) is -11.0. The van der Waals surface area contributed by atoms with Crippen molar-refractivity contribution in [3.63, 3.8) is 0 Å². The standard InChI is InChI=1S/C17H25F2N2O8PS/c1-8(2)20-16(31)21-9-3-5-10(6-4-9)28-15-14(24)13(23)12(22)11(29-15)7-17(18,19)30(25,26)27/h3-6,8,11-15,22-24H,7H2,1-2H3,(H2,20,21,31)(H2,25,26,27)/t11-,12-,13+,14+,15+/m1/s1. The number of rotatable bonds is 7. The van der Waals surface area contributed by atoms with Crippen molar-refractivity contribution >= 4 is 30.6 Å². The number of thiocarbonyl (C=S) groups is 1. The van der Waals surface area contributed by atoms with Crippen molar-refractivity contribution in [1.82, 2.24) is 5.32 Å². The zero-order chi connectivity index (χ0) is 23.6. The molecular weight excluding hydrogens is 461 g/mol. The Morgan fingerprint density at radius 3 is 2.29 bits per heavy atom. The van der Waals surface area contributed by atoms with E-state index in [2.05, 4.69) is 10.6 Å². The van der Waals surface area contributed by atoms with Gasteiger partial charge in [0.2, 0.25) is 6.29 Å². The summed E-state index contributed by atoms with van der Waals surface area (Å²) in [7, 11) is -5.84. The van der Waals surface area contributed by atoms with Crippen molar-refractivity contribution < 1.29 is 47.9 Å². The van der Waals surface area contributed by atoms with Gasteiger partial charge in [0.1, 0.15) is 24.1 Å². The van der Waals surface area contributed by atoms with E-state index < -0.39 is 50.4 Å². The third-order valence-electron chi connectivity index (χ3n) is 4.33. The summed E-state index contributed by atoms with van der Waals surface area (Å²) >= 11 is 5.12. The Bertz CT molecular complexity index is 810. The molecule has 5 atom stereocenters. The van der Waals surface area contributed by atoms with Gasteiger partial charge in [0.15, 0.2) is 5.11 Å². The van der Waals surface area contributed by atoms with Gasteiger partial charge >= 0.3 is 13.3 Å². The summed E-state index contributed by atoms with van der Waals surface area (Å²) in [6.45, 7) is 3.82. The van der Waals surface area contributed by atoms with E-state index in [1.54, 1.807) is 12.1 Å². The van der Waals surface area contributed by atoms with E-state index in [0.717, 1.165) is 0 Å². The average molecular weight is 486 g/mol. The average Bonchev–Trinajstić information content (AvgIpc) is 2.63. The minimum atomic E-state index is -5.84. The molecule has 1 aliphatic rings. The number of nitrogens with one attached hydrogen (secondary N) is 2. The van der Waals surface area contributed by atoms with Crippen molar-refractivity contribution in [1.29, 1.82) is 0 Å². The van der Waals surface area contributed by atoms with E-state index >= 15 is 0 Å². The molecule has 1 fully saturated rings. The number of anilines is 1. The maximum Gasteiger partial charge on any atom is 0.394 e. The largest absolute Gasteiger partial charge is 0.462 e. The molecule has 1 saturated heterocycles. The molecule has 10 nitrogen and oxygen atoms in total. The van der Waals surface area contributed by atoms with E-state index in [4.69, 9.17) is 31.5 Å². The van der Waals surface area contributed by atoms with Crippen LogP contribution in [-0.4, -0.2) is 72.6 Å². The lowest BCUT2D eigenvalue weighted by atomic mass is 9.97. The molecule has 0 bridgehead atoms. The Balaban J connectivity index is 2.07. The number of ether oxygens (including phenoxy) is 2. The molecule has 0 saturated carbocycles. The van der Waals surface area contributed by atoms with E-state index in [9.17, 15) is 28.7 Å². The van der Waals surface area contributed by atoms with Gasteiger partial charge in [0.05, 0.1) is 12.5 Å². The fourth-order valence-corrected chi connectivity index (χ4v) is 3.50. The molecule has 1 aromatic rings. The van der Waals surface area contributed by atoms with Gasteiger partial charge in [-0.3, -0.25) is 4.57 Å². The summed E-state index contributed by atoms with van der Waals surface area (Å²) in [5, 5.41) is 36.2. The van der Waals surface area contributed by atoms with Gasteiger partial charge in [0.25, 0.3) is 0 Å². The Morgan fingerprint density at radius 2 is 1.77 bits per heavy atom. The summed E-state index contributed by atoms with van der Waals surface area (Å²) in [5.74, 6) is 0.126. The highest BCUT2D eigenvalue weighted by Crippen LogP contribution is 2.55. The lowest BCUT2D eigenvalue weighted by molar-refractivity contribution is -0.279. The summed E-state index contributed by atoms with van der Waals surface area (Å²) in [4.78, 5) is 17.6. The SMILES string of the molecule is CC(C)NC(=S)Nc1ccc(O[C@H]2O[C@H](CC(F)(F)P(=O)(O)O)[C@@H](O)[C@H](O)[C@@H]2O)cc1.